The predicted molar refractivity (Wildman–Crippen MR) is 72.7 cm³/mol. The summed E-state index contributed by atoms with van der Waals surface area (Å²) in [5, 5.41) is 0. The zero-order valence-electron chi connectivity index (χ0n) is 12.0. The Morgan fingerprint density at radius 2 is 1.82 bits per heavy atom. The number of allylic oxidation sites excluding steroid dienone is 3. The molecule has 2 atom stereocenters. The summed E-state index contributed by atoms with van der Waals surface area (Å²) in [6.45, 7) is 10.9. The van der Waals surface area contributed by atoms with E-state index in [1.807, 2.05) is 13.0 Å². The number of carbonyl (C=O) groups is 1. The number of ether oxygens (including phenoxy) is 1. The van der Waals surface area contributed by atoms with Gasteiger partial charge in [-0.1, -0.05) is 39.8 Å². The van der Waals surface area contributed by atoms with Gasteiger partial charge in [0.15, 0.2) is 0 Å². The molecule has 0 radical (unpaired) electrons. The molecule has 2 nitrogen and oxygen atoms in total. The summed E-state index contributed by atoms with van der Waals surface area (Å²) < 4.78 is 4.57. The summed E-state index contributed by atoms with van der Waals surface area (Å²) in [7, 11) is 1.39. The maximum atomic E-state index is 11.0. The zero-order valence-corrected chi connectivity index (χ0v) is 12.0. The summed E-state index contributed by atoms with van der Waals surface area (Å²) in [5.41, 5.74) is 0.931. The van der Waals surface area contributed by atoms with E-state index in [2.05, 4.69) is 38.5 Å². The second-order valence-electron chi connectivity index (χ2n) is 5.20. The minimum atomic E-state index is -0.296. The molecule has 0 amide bonds. The molecular formula is C15H26O2. The van der Waals surface area contributed by atoms with Crippen molar-refractivity contribution in [3.05, 3.63) is 23.8 Å². The van der Waals surface area contributed by atoms with E-state index in [1.54, 1.807) is 0 Å². The average Bonchev–Trinajstić information content (AvgIpc) is 2.25. The maximum absolute atomic E-state index is 11.0. The number of esters is 1. The Kier molecular flexibility index (Phi) is 7.60. The Morgan fingerprint density at radius 1 is 1.24 bits per heavy atom. The second-order valence-corrected chi connectivity index (χ2v) is 5.20. The van der Waals surface area contributed by atoms with E-state index < -0.39 is 0 Å². The van der Waals surface area contributed by atoms with Gasteiger partial charge in [0.2, 0.25) is 0 Å². The lowest BCUT2D eigenvalue weighted by Crippen LogP contribution is -2.07. The van der Waals surface area contributed by atoms with Crippen molar-refractivity contribution in [1.82, 2.24) is 0 Å². The summed E-state index contributed by atoms with van der Waals surface area (Å²) in [6, 6.07) is 0. The van der Waals surface area contributed by atoms with Crippen LogP contribution >= 0.6 is 0 Å². The van der Waals surface area contributed by atoms with Crippen LogP contribution in [0.2, 0.25) is 0 Å². The highest BCUT2D eigenvalue weighted by Crippen LogP contribution is 2.20. The van der Waals surface area contributed by atoms with Gasteiger partial charge in [-0.25, -0.2) is 4.79 Å². The van der Waals surface area contributed by atoms with E-state index in [0.717, 1.165) is 17.4 Å². The third-order valence-electron chi connectivity index (χ3n) is 3.12. The molecule has 0 aliphatic carbocycles. The van der Waals surface area contributed by atoms with Crippen molar-refractivity contribution in [2.45, 2.75) is 41.0 Å². The first-order valence-corrected chi connectivity index (χ1v) is 6.31. The molecular weight excluding hydrogens is 212 g/mol. The topological polar surface area (TPSA) is 26.3 Å². The van der Waals surface area contributed by atoms with Crippen molar-refractivity contribution in [3.63, 3.8) is 0 Å². The van der Waals surface area contributed by atoms with Crippen LogP contribution in [-0.4, -0.2) is 13.1 Å². The van der Waals surface area contributed by atoms with Gasteiger partial charge in [0.05, 0.1) is 7.11 Å². The van der Waals surface area contributed by atoms with Gasteiger partial charge in [0, 0.05) is 6.08 Å². The van der Waals surface area contributed by atoms with Gasteiger partial charge in [-0.15, -0.1) is 0 Å². The Balaban J connectivity index is 4.24. The third-order valence-corrected chi connectivity index (χ3v) is 3.12. The van der Waals surface area contributed by atoms with Crippen LogP contribution in [0.25, 0.3) is 0 Å². The lowest BCUT2D eigenvalue weighted by atomic mass is 9.88. The van der Waals surface area contributed by atoms with Crippen LogP contribution in [-0.2, 0) is 9.53 Å². The highest BCUT2D eigenvalue weighted by Gasteiger charge is 2.09. The zero-order chi connectivity index (χ0) is 13.4. The van der Waals surface area contributed by atoms with Crippen molar-refractivity contribution in [3.8, 4) is 0 Å². The lowest BCUT2D eigenvalue weighted by Gasteiger charge is -2.18. The Labute approximate surface area is 106 Å². The normalized spacial score (nSPS) is 16.3. The van der Waals surface area contributed by atoms with E-state index in [1.165, 1.54) is 19.6 Å². The molecule has 0 saturated heterocycles. The first-order chi connectivity index (χ1) is 7.86. The van der Waals surface area contributed by atoms with E-state index in [9.17, 15) is 4.79 Å². The van der Waals surface area contributed by atoms with Crippen LogP contribution in [0.3, 0.4) is 0 Å². The molecule has 0 N–H and O–H groups in total. The van der Waals surface area contributed by atoms with Gasteiger partial charge in [-0.05, 0) is 36.7 Å². The molecule has 0 aliphatic rings. The third kappa shape index (κ3) is 7.78. The second kappa shape index (κ2) is 8.10. The molecule has 0 heterocycles. The van der Waals surface area contributed by atoms with Gasteiger partial charge in [0.1, 0.15) is 0 Å². The molecule has 0 spiro atoms. The smallest absolute Gasteiger partial charge is 0.330 e. The van der Waals surface area contributed by atoms with Gasteiger partial charge >= 0.3 is 5.97 Å². The standard InChI is InChI=1S/C15H26O2/c1-11(2)14(5)9-12(3)7-8-13(4)10-15(16)17-6/h7-8,10-12,14H,9H2,1-6H3/b8-7+,13-10+. The fourth-order valence-corrected chi connectivity index (χ4v) is 1.55. The fraction of sp³-hybridized carbons (Fsp3) is 0.667. The summed E-state index contributed by atoms with van der Waals surface area (Å²) in [4.78, 5) is 11.0. The molecule has 0 aliphatic heterocycles. The van der Waals surface area contributed by atoms with Gasteiger partial charge in [0.25, 0.3) is 0 Å². The SMILES string of the molecule is COC(=O)/C=C(C)/C=C/C(C)CC(C)C(C)C. The first kappa shape index (κ1) is 16.0. The minimum absolute atomic E-state index is 0.296. The molecule has 0 fully saturated rings. The maximum Gasteiger partial charge on any atom is 0.330 e. The predicted octanol–water partition coefficient (Wildman–Crippen LogP) is 3.98. The van der Waals surface area contributed by atoms with E-state index in [-0.39, 0.29) is 5.97 Å². The molecule has 98 valence electrons. The number of carbonyl (C=O) groups excluding carboxylic acids is 1. The molecule has 17 heavy (non-hydrogen) atoms. The molecule has 2 unspecified atom stereocenters. The monoisotopic (exact) mass is 238 g/mol. The van der Waals surface area contributed by atoms with E-state index in [0.29, 0.717) is 5.92 Å². The van der Waals surface area contributed by atoms with E-state index in [4.69, 9.17) is 0 Å². The highest BCUT2D eigenvalue weighted by molar-refractivity contribution is 5.83. The number of methoxy groups -OCH3 is 1. The largest absolute Gasteiger partial charge is 0.466 e. The Hall–Kier alpha value is -1.05. The van der Waals surface area contributed by atoms with Crippen LogP contribution in [0.5, 0.6) is 0 Å². The van der Waals surface area contributed by atoms with Crippen molar-refractivity contribution in [2.24, 2.45) is 17.8 Å². The summed E-state index contributed by atoms with van der Waals surface area (Å²) in [6.07, 6.45) is 6.84. The van der Waals surface area contributed by atoms with Gasteiger partial charge in [-0.3, -0.25) is 0 Å². The number of hydrogen-bond acceptors (Lipinski definition) is 2. The van der Waals surface area contributed by atoms with Crippen LogP contribution in [0.4, 0.5) is 0 Å². The molecule has 0 aromatic heterocycles. The van der Waals surface area contributed by atoms with Crippen molar-refractivity contribution in [1.29, 1.82) is 0 Å². The summed E-state index contributed by atoms with van der Waals surface area (Å²) >= 11 is 0. The van der Waals surface area contributed by atoms with Crippen LogP contribution < -0.4 is 0 Å². The fourth-order valence-electron chi connectivity index (χ4n) is 1.55. The van der Waals surface area contributed by atoms with E-state index >= 15 is 0 Å². The van der Waals surface area contributed by atoms with Crippen molar-refractivity contribution >= 4 is 5.97 Å². The number of rotatable bonds is 6. The first-order valence-electron chi connectivity index (χ1n) is 6.31. The van der Waals surface area contributed by atoms with Crippen LogP contribution in [0.15, 0.2) is 23.8 Å². The average molecular weight is 238 g/mol. The highest BCUT2D eigenvalue weighted by atomic mass is 16.5. The molecule has 2 heteroatoms. The lowest BCUT2D eigenvalue weighted by molar-refractivity contribution is -0.134. The van der Waals surface area contributed by atoms with Gasteiger partial charge in [-0.2, -0.15) is 0 Å². The molecule has 0 aromatic rings. The summed E-state index contributed by atoms with van der Waals surface area (Å²) in [5.74, 6) is 1.68. The molecule has 0 rings (SSSR count). The molecule has 0 saturated carbocycles. The Morgan fingerprint density at radius 3 is 2.29 bits per heavy atom. The number of hydrogen-bond donors (Lipinski definition) is 0. The van der Waals surface area contributed by atoms with Crippen LogP contribution in [0.1, 0.15) is 41.0 Å². The quantitative estimate of drug-likeness (QED) is 0.397. The molecule has 0 bridgehead atoms. The minimum Gasteiger partial charge on any atom is -0.466 e. The molecule has 0 aromatic carbocycles. The van der Waals surface area contributed by atoms with Crippen molar-refractivity contribution in [2.75, 3.05) is 7.11 Å². The van der Waals surface area contributed by atoms with Gasteiger partial charge < -0.3 is 4.74 Å². The van der Waals surface area contributed by atoms with Crippen molar-refractivity contribution < 1.29 is 9.53 Å². The van der Waals surface area contributed by atoms with Crippen LogP contribution in [0, 0.1) is 17.8 Å². The Bertz CT molecular complexity index is 287.